The van der Waals surface area contributed by atoms with Crippen molar-refractivity contribution < 1.29 is 9.53 Å². The van der Waals surface area contributed by atoms with E-state index in [2.05, 4.69) is 32.2 Å². The molecule has 1 aromatic carbocycles. The number of anilines is 2. The Hall–Kier alpha value is -2.67. The summed E-state index contributed by atoms with van der Waals surface area (Å²) in [5.74, 6) is 1.21. The molecule has 1 aliphatic rings. The van der Waals surface area contributed by atoms with Crippen molar-refractivity contribution in [1.82, 2.24) is 15.1 Å². The molecule has 0 unspecified atom stereocenters. The quantitative estimate of drug-likeness (QED) is 0.895. The van der Waals surface area contributed by atoms with Crippen molar-refractivity contribution in [2.45, 2.75) is 6.92 Å². The molecule has 1 amide bonds. The molecule has 0 atom stereocenters. The molecule has 0 spiro atoms. The monoisotopic (exact) mass is 341 g/mol. The number of hydrogen-bond donors (Lipinski definition) is 1. The van der Waals surface area contributed by atoms with Crippen LogP contribution >= 0.6 is 0 Å². The average Bonchev–Trinajstić information content (AvgIpc) is 2.68. The Labute approximate surface area is 147 Å². The lowest BCUT2D eigenvalue weighted by Gasteiger charge is -2.34. The van der Waals surface area contributed by atoms with Crippen LogP contribution in [0.25, 0.3) is 0 Å². The van der Waals surface area contributed by atoms with Gasteiger partial charge in [0.15, 0.2) is 11.5 Å². The van der Waals surface area contributed by atoms with Crippen LogP contribution in [0.4, 0.5) is 11.5 Å². The van der Waals surface area contributed by atoms with Gasteiger partial charge < -0.3 is 19.9 Å². The predicted octanol–water partition coefficient (Wildman–Crippen LogP) is 1.88. The lowest BCUT2D eigenvalue weighted by atomic mass is 10.2. The summed E-state index contributed by atoms with van der Waals surface area (Å²) in [5, 5.41) is 11.1. The zero-order valence-corrected chi connectivity index (χ0v) is 14.6. The molecule has 3 rings (SSSR count). The highest BCUT2D eigenvalue weighted by Gasteiger charge is 2.18. The van der Waals surface area contributed by atoms with Crippen LogP contribution in [0, 0.1) is 0 Å². The van der Waals surface area contributed by atoms with Crippen molar-refractivity contribution in [2.24, 2.45) is 0 Å². The lowest BCUT2D eigenvalue weighted by molar-refractivity contribution is 0.102. The summed E-state index contributed by atoms with van der Waals surface area (Å²) in [4.78, 5) is 16.9. The van der Waals surface area contributed by atoms with Crippen molar-refractivity contribution in [2.75, 3.05) is 50.1 Å². The second-order valence-corrected chi connectivity index (χ2v) is 5.88. The highest BCUT2D eigenvalue weighted by Crippen LogP contribution is 2.18. The zero-order valence-electron chi connectivity index (χ0n) is 14.6. The molecule has 0 radical (unpaired) electrons. The molecule has 2 aromatic rings. The molecule has 0 aliphatic carbocycles. The van der Waals surface area contributed by atoms with Crippen LogP contribution in [0.1, 0.15) is 17.4 Å². The maximum atomic E-state index is 12.3. The first-order valence-corrected chi connectivity index (χ1v) is 8.46. The highest BCUT2D eigenvalue weighted by atomic mass is 16.5. The minimum absolute atomic E-state index is 0.289. The van der Waals surface area contributed by atoms with Crippen LogP contribution in [0.2, 0.25) is 0 Å². The third kappa shape index (κ3) is 4.24. The molecule has 1 fully saturated rings. The molecule has 1 aliphatic heterocycles. The summed E-state index contributed by atoms with van der Waals surface area (Å²) in [6.45, 7) is 7.15. The Balaban J connectivity index is 1.62. The van der Waals surface area contributed by atoms with Gasteiger partial charge in [-0.3, -0.25) is 4.79 Å². The van der Waals surface area contributed by atoms with Gasteiger partial charge in [-0.25, -0.2) is 0 Å². The molecule has 1 saturated heterocycles. The fraction of sp³-hybridized carbons (Fsp3) is 0.389. The van der Waals surface area contributed by atoms with E-state index in [-0.39, 0.29) is 5.91 Å². The molecule has 0 bridgehead atoms. The third-order valence-electron chi connectivity index (χ3n) is 4.35. The fourth-order valence-corrected chi connectivity index (χ4v) is 2.80. The molecule has 1 N–H and O–H groups in total. The summed E-state index contributed by atoms with van der Waals surface area (Å²) >= 11 is 0. The number of nitrogens with one attached hydrogen (secondary N) is 1. The number of benzene rings is 1. The van der Waals surface area contributed by atoms with E-state index in [0.717, 1.165) is 38.5 Å². The van der Waals surface area contributed by atoms with Gasteiger partial charge in [0.05, 0.1) is 7.11 Å². The molecule has 0 saturated carbocycles. The van der Waals surface area contributed by atoms with Gasteiger partial charge in [-0.15, -0.1) is 10.2 Å². The number of aromatic nitrogens is 2. The van der Waals surface area contributed by atoms with Crippen molar-refractivity contribution in [3.8, 4) is 5.75 Å². The highest BCUT2D eigenvalue weighted by molar-refractivity contribution is 6.02. The van der Waals surface area contributed by atoms with Gasteiger partial charge in [0, 0.05) is 37.9 Å². The summed E-state index contributed by atoms with van der Waals surface area (Å²) < 4.78 is 5.15. The van der Waals surface area contributed by atoms with Crippen molar-refractivity contribution >= 4 is 17.4 Å². The fourth-order valence-electron chi connectivity index (χ4n) is 2.80. The number of ether oxygens (including phenoxy) is 1. The topological polar surface area (TPSA) is 70.6 Å². The van der Waals surface area contributed by atoms with Gasteiger partial charge in [0.25, 0.3) is 5.91 Å². The maximum Gasteiger partial charge on any atom is 0.276 e. The number of methoxy groups -OCH3 is 1. The number of rotatable bonds is 5. The minimum atomic E-state index is -0.289. The Morgan fingerprint density at radius 3 is 2.60 bits per heavy atom. The summed E-state index contributed by atoms with van der Waals surface area (Å²) in [7, 11) is 1.59. The van der Waals surface area contributed by atoms with E-state index in [4.69, 9.17) is 4.74 Å². The van der Waals surface area contributed by atoms with Gasteiger partial charge in [-0.05, 0) is 30.8 Å². The largest absolute Gasteiger partial charge is 0.497 e. The number of nitrogens with zero attached hydrogens (tertiary/aromatic N) is 4. The molecule has 132 valence electrons. The number of amides is 1. The van der Waals surface area contributed by atoms with Crippen LogP contribution in [0.3, 0.4) is 0 Å². The standard InChI is InChI=1S/C18H23N5O2/c1-3-22-9-11-23(12-10-22)17-8-7-16(20-21-17)18(24)19-14-5-4-6-15(13-14)25-2/h4-8,13H,3,9-12H2,1-2H3,(H,19,24). The Kier molecular flexibility index (Phi) is 5.45. The van der Waals surface area contributed by atoms with Crippen molar-refractivity contribution in [1.29, 1.82) is 0 Å². The SMILES string of the molecule is CCN1CCN(c2ccc(C(=O)Nc3cccc(OC)c3)nn2)CC1. The van der Waals surface area contributed by atoms with Gasteiger partial charge in [-0.1, -0.05) is 13.0 Å². The molecule has 25 heavy (non-hydrogen) atoms. The average molecular weight is 341 g/mol. The second-order valence-electron chi connectivity index (χ2n) is 5.88. The second kappa shape index (κ2) is 7.94. The van der Waals surface area contributed by atoms with Crippen LogP contribution in [-0.4, -0.2) is 60.8 Å². The molecule has 1 aromatic heterocycles. The predicted molar refractivity (Wildman–Crippen MR) is 97.3 cm³/mol. The normalized spacial score (nSPS) is 15.0. The summed E-state index contributed by atoms with van der Waals surface area (Å²) in [6.07, 6.45) is 0. The van der Waals surface area contributed by atoms with E-state index < -0.39 is 0 Å². The number of hydrogen-bond acceptors (Lipinski definition) is 6. The Bertz CT molecular complexity index is 712. The number of carbonyl (C=O) groups is 1. The van der Waals surface area contributed by atoms with E-state index in [1.807, 2.05) is 18.2 Å². The van der Waals surface area contributed by atoms with E-state index in [1.165, 1.54) is 0 Å². The van der Waals surface area contributed by atoms with E-state index in [9.17, 15) is 4.79 Å². The molecular formula is C18H23N5O2. The molecule has 7 nitrogen and oxygen atoms in total. The van der Waals surface area contributed by atoms with E-state index in [1.54, 1.807) is 25.3 Å². The third-order valence-corrected chi connectivity index (χ3v) is 4.35. The summed E-state index contributed by atoms with van der Waals surface area (Å²) in [5.41, 5.74) is 0.949. The van der Waals surface area contributed by atoms with Crippen LogP contribution in [0.15, 0.2) is 36.4 Å². The first kappa shape index (κ1) is 17.2. The maximum absolute atomic E-state index is 12.3. The summed E-state index contributed by atoms with van der Waals surface area (Å²) in [6, 6.07) is 10.8. The van der Waals surface area contributed by atoms with Gasteiger partial charge in [0.2, 0.25) is 0 Å². The minimum Gasteiger partial charge on any atom is -0.497 e. The van der Waals surface area contributed by atoms with Gasteiger partial charge in [-0.2, -0.15) is 0 Å². The number of carbonyl (C=O) groups excluding carboxylic acids is 1. The number of likely N-dealkylation sites (N-methyl/N-ethyl adjacent to an activating group) is 1. The van der Waals surface area contributed by atoms with E-state index in [0.29, 0.717) is 17.1 Å². The number of piperazine rings is 1. The van der Waals surface area contributed by atoms with Crippen LogP contribution in [-0.2, 0) is 0 Å². The Morgan fingerprint density at radius 1 is 1.16 bits per heavy atom. The van der Waals surface area contributed by atoms with Crippen molar-refractivity contribution in [3.63, 3.8) is 0 Å². The van der Waals surface area contributed by atoms with Gasteiger partial charge >= 0.3 is 0 Å². The molecular weight excluding hydrogens is 318 g/mol. The van der Waals surface area contributed by atoms with Gasteiger partial charge in [0.1, 0.15) is 5.75 Å². The first-order valence-electron chi connectivity index (χ1n) is 8.46. The molecule has 7 heteroatoms. The first-order chi connectivity index (χ1) is 12.2. The smallest absolute Gasteiger partial charge is 0.276 e. The van der Waals surface area contributed by atoms with Crippen LogP contribution < -0.4 is 15.0 Å². The molecule has 2 heterocycles. The van der Waals surface area contributed by atoms with Crippen molar-refractivity contribution in [3.05, 3.63) is 42.1 Å². The van der Waals surface area contributed by atoms with Crippen LogP contribution in [0.5, 0.6) is 5.75 Å². The Morgan fingerprint density at radius 2 is 1.96 bits per heavy atom. The zero-order chi connectivity index (χ0) is 17.6. The van der Waals surface area contributed by atoms with E-state index >= 15 is 0 Å². The lowest BCUT2D eigenvalue weighted by Crippen LogP contribution is -2.46.